The molecule has 0 saturated heterocycles. The molecule has 7 heteroatoms. The molecule has 3 rings (SSSR count). The second-order valence-corrected chi connectivity index (χ2v) is 6.08. The first-order chi connectivity index (χ1) is 12.5. The highest BCUT2D eigenvalue weighted by Crippen LogP contribution is 2.40. The third-order valence-corrected chi connectivity index (χ3v) is 4.22. The van der Waals surface area contributed by atoms with Crippen LogP contribution in [0.5, 0.6) is 17.2 Å². The van der Waals surface area contributed by atoms with E-state index in [0.717, 1.165) is 22.6 Å². The predicted octanol–water partition coefficient (Wildman–Crippen LogP) is 2.74. The fourth-order valence-electron chi connectivity index (χ4n) is 2.73. The number of carbonyl (C=O) groups excluding carboxylic acids is 1. The zero-order valence-electron chi connectivity index (χ0n) is 15.4. The number of rotatable bonds is 5. The SMILES string of the molecule is COc1cc(/C=C/C(=O)N(C)Cc2c(C)noc2C)cc2c1OCCO2. The molecule has 2 aromatic rings. The number of benzene rings is 1. The van der Waals surface area contributed by atoms with Crippen molar-refractivity contribution in [3.8, 4) is 17.2 Å². The van der Waals surface area contributed by atoms with Gasteiger partial charge in [-0.05, 0) is 37.6 Å². The van der Waals surface area contributed by atoms with Crippen molar-refractivity contribution >= 4 is 12.0 Å². The first kappa shape index (κ1) is 17.8. The molecule has 0 atom stereocenters. The van der Waals surface area contributed by atoms with Crippen molar-refractivity contribution in [2.24, 2.45) is 0 Å². The summed E-state index contributed by atoms with van der Waals surface area (Å²) < 4.78 is 21.7. The lowest BCUT2D eigenvalue weighted by Crippen LogP contribution is -2.24. The molecule has 0 N–H and O–H groups in total. The number of likely N-dealkylation sites (N-methyl/N-ethyl adjacent to an activating group) is 1. The molecule has 0 bridgehead atoms. The van der Waals surface area contributed by atoms with Gasteiger partial charge in [0.05, 0.1) is 19.3 Å². The van der Waals surface area contributed by atoms with Gasteiger partial charge in [-0.3, -0.25) is 4.79 Å². The number of nitrogens with zero attached hydrogens (tertiary/aromatic N) is 2. The number of ether oxygens (including phenoxy) is 3. The number of amides is 1. The van der Waals surface area contributed by atoms with Crippen LogP contribution in [0.4, 0.5) is 0 Å². The Morgan fingerprint density at radius 1 is 1.31 bits per heavy atom. The largest absolute Gasteiger partial charge is 0.493 e. The lowest BCUT2D eigenvalue weighted by atomic mass is 10.1. The lowest BCUT2D eigenvalue weighted by molar-refractivity contribution is -0.125. The molecular weight excluding hydrogens is 336 g/mol. The molecule has 2 heterocycles. The number of aryl methyl sites for hydroxylation is 2. The maximum Gasteiger partial charge on any atom is 0.246 e. The summed E-state index contributed by atoms with van der Waals surface area (Å²) in [5.74, 6) is 2.39. The van der Waals surface area contributed by atoms with E-state index in [4.69, 9.17) is 18.7 Å². The van der Waals surface area contributed by atoms with Crippen molar-refractivity contribution in [2.45, 2.75) is 20.4 Å². The van der Waals surface area contributed by atoms with E-state index in [1.54, 1.807) is 25.1 Å². The van der Waals surface area contributed by atoms with Crippen LogP contribution in [0.2, 0.25) is 0 Å². The van der Waals surface area contributed by atoms with E-state index in [9.17, 15) is 4.79 Å². The van der Waals surface area contributed by atoms with Gasteiger partial charge in [-0.1, -0.05) is 5.16 Å². The first-order valence-electron chi connectivity index (χ1n) is 8.32. The van der Waals surface area contributed by atoms with Gasteiger partial charge in [-0.2, -0.15) is 0 Å². The van der Waals surface area contributed by atoms with Crippen molar-refractivity contribution in [1.82, 2.24) is 10.1 Å². The molecule has 0 aliphatic carbocycles. The molecule has 0 fully saturated rings. The van der Waals surface area contributed by atoms with E-state index in [-0.39, 0.29) is 5.91 Å². The zero-order chi connectivity index (χ0) is 18.7. The third kappa shape index (κ3) is 3.66. The third-order valence-electron chi connectivity index (χ3n) is 4.22. The van der Waals surface area contributed by atoms with Crippen LogP contribution in [0.1, 0.15) is 22.6 Å². The van der Waals surface area contributed by atoms with Crippen LogP contribution >= 0.6 is 0 Å². The van der Waals surface area contributed by atoms with Crippen LogP contribution in [0, 0.1) is 13.8 Å². The van der Waals surface area contributed by atoms with Gasteiger partial charge in [0.15, 0.2) is 11.5 Å². The number of methoxy groups -OCH3 is 1. The zero-order valence-corrected chi connectivity index (χ0v) is 15.4. The predicted molar refractivity (Wildman–Crippen MR) is 95.5 cm³/mol. The summed E-state index contributed by atoms with van der Waals surface area (Å²) in [7, 11) is 3.31. The van der Waals surface area contributed by atoms with Gasteiger partial charge in [-0.15, -0.1) is 0 Å². The van der Waals surface area contributed by atoms with Crippen LogP contribution < -0.4 is 14.2 Å². The van der Waals surface area contributed by atoms with Crippen LogP contribution in [-0.4, -0.2) is 43.3 Å². The van der Waals surface area contributed by atoms with Crippen molar-refractivity contribution in [1.29, 1.82) is 0 Å². The van der Waals surface area contributed by atoms with Gasteiger partial charge >= 0.3 is 0 Å². The van der Waals surface area contributed by atoms with E-state index < -0.39 is 0 Å². The summed E-state index contributed by atoms with van der Waals surface area (Å²) in [6.45, 7) is 5.12. The molecule has 0 radical (unpaired) electrons. The number of fused-ring (bicyclic) bond motifs is 1. The monoisotopic (exact) mass is 358 g/mol. The molecule has 1 amide bonds. The van der Waals surface area contributed by atoms with Gasteiger partial charge < -0.3 is 23.6 Å². The maximum atomic E-state index is 12.4. The molecule has 0 saturated carbocycles. The summed E-state index contributed by atoms with van der Waals surface area (Å²) in [5, 5.41) is 3.91. The fourth-order valence-corrected chi connectivity index (χ4v) is 2.73. The molecule has 1 aromatic carbocycles. The minimum atomic E-state index is -0.126. The summed E-state index contributed by atoms with van der Waals surface area (Å²) >= 11 is 0. The van der Waals surface area contributed by atoms with Crippen LogP contribution in [0.25, 0.3) is 6.08 Å². The van der Waals surface area contributed by atoms with E-state index in [2.05, 4.69) is 5.16 Å². The molecule has 1 aliphatic heterocycles. The molecule has 0 spiro atoms. The van der Waals surface area contributed by atoms with Crippen molar-refractivity contribution in [3.05, 3.63) is 40.8 Å². The molecule has 1 aromatic heterocycles. The second kappa shape index (κ2) is 7.51. The average Bonchev–Trinajstić information content (AvgIpc) is 2.97. The minimum absolute atomic E-state index is 0.126. The number of hydrogen-bond donors (Lipinski definition) is 0. The molecular formula is C19H22N2O5. The summed E-state index contributed by atoms with van der Waals surface area (Å²) in [4.78, 5) is 14.0. The maximum absolute atomic E-state index is 12.4. The van der Waals surface area contributed by atoms with E-state index in [1.807, 2.05) is 26.0 Å². The van der Waals surface area contributed by atoms with Crippen LogP contribution in [-0.2, 0) is 11.3 Å². The highest BCUT2D eigenvalue weighted by molar-refractivity contribution is 5.91. The number of carbonyl (C=O) groups is 1. The molecule has 26 heavy (non-hydrogen) atoms. The lowest BCUT2D eigenvalue weighted by Gasteiger charge is -2.21. The van der Waals surface area contributed by atoms with Crippen LogP contribution in [0.3, 0.4) is 0 Å². The Morgan fingerprint density at radius 2 is 2.08 bits per heavy atom. The Kier molecular flexibility index (Phi) is 5.16. The second-order valence-electron chi connectivity index (χ2n) is 6.08. The number of hydrogen-bond acceptors (Lipinski definition) is 6. The quantitative estimate of drug-likeness (QED) is 0.765. The van der Waals surface area contributed by atoms with Crippen molar-refractivity contribution < 1.29 is 23.5 Å². The van der Waals surface area contributed by atoms with Gasteiger partial charge in [0, 0.05) is 18.7 Å². The summed E-state index contributed by atoms with van der Waals surface area (Å²) in [6, 6.07) is 3.64. The Balaban J connectivity index is 1.73. The molecule has 7 nitrogen and oxygen atoms in total. The van der Waals surface area contributed by atoms with E-state index >= 15 is 0 Å². The summed E-state index contributed by atoms with van der Waals surface area (Å²) in [5.41, 5.74) is 2.52. The van der Waals surface area contributed by atoms with Crippen molar-refractivity contribution in [2.75, 3.05) is 27.4 Å². The Labute approximate surface area is 152 Å². The minimum Gasteiger partial charge on any atom is -0.493 e. The fraction of sp³-hybridized carbons (Fsp3) is 0.368. The van der Waals surface area contributed by atoms with E-state index in [0.29, 0.717) is 37.0 Å². The first-order valence-corrected chi connectivity index (χ1v) is 8.32. The van der Waals surface area contributed by atoms with Gasteiger partial charge in [0.2, 0.25) is 11.7 Å². The topological polar surface area (TPSA) is 74.0 Å². The highest BCUT2D eigenvalue weighted by Gasteiger charge is 2.18. The van der Waals surface area contributed by atoms with Crippen LogP contribution in [0.15, 0.2) is 22.7 Å². The van der Waals surface area contributed by atoms with E-state index in [1.165, 1.54) is 6.08 Å². The van der Waals surface area contributed by atoms with Gasteiger partial charge in [0.1, 0.15) is 19.0 Å². The Morgan fingerprint density at radius 3 is 2.77 bits per heavy atom. The average molecular weight is 358 g/mol. The van der Waals surface area contributed by atoms with Crippen molar-refractivity contribution in [3.63, 3.8) is 0 Å². The van der Waals surface area contributed by atoms with Gasteiger partial charge in [-0.25, -0.2) is 0 Å². The smallest absolute Gasteiger partial charge is 0.246 e. The molecule has 1 aliphatic rings. The van der Waals surface area contributed by atoms with Gasteiger partial charge in [0.25, 0.3) is 0 Å². The summed E-state index contributed by atoms with van der Waals surface area (Å²) in [6.07, 6.45) is 3.25. The standard InChI is InChI=1S/C19H22N2O5/c1-12-15(13(2)26-20-12)11-21(3)18(22)6-5-14-9-16(23-4)19-17(10-14)24-7-8-25-19/h5-6,9-10H,7-8,11H2,1-4H3/b6-5+. The molecule has 0 unspecified atom stereocenters. The Bertz CT molecular complexity index is 804. The highest BCUT2D eigenvalue weighted by atomic mass is 16.6. The number of aromatic nitrogens is 1. The molecule has 138 valence electrons. The normalized spacial score (nSPS) is 13.1. The Hall–Kier alpha value is -2.96.